The molecule has 1 aromatic carbocycles. The molecule has 32 heavy (non-hydrogen) atoms. The SMILES string of the molecule is CCCC(=O)NC(=S)N1CCC(c2nc(C(=O)Nc3ccccc3C(C)(C)C)cs2)CC1. The van der Waals surface area contributed by atoms with Crippen molar-refractivity contribution in [2.45, 2.75) is 64.7 Å². The van der Waals surface area contributed by atoms with Crippen LogP contribution >= 0.6 is 23.6 Å². The van der Waals surface area contributed by atoms with E-state index < -0.39 is 0 Å². The smallest absolute Gasteiger partial charge is 0.275 e. The third-order valence-electron chi connectivity index (χ3n) is 5.59. The first kappa shape index (κ1) is 24.3. The molecule has 0 bridgehead atoms. The highest BCUT2D eigenvalue weighted by atomic mass is 32.1. The van der Waals surface area contributed by atoms with Gasteiger partial charge in [-0.1, -0.05) is 45.9 Å². The lowest BCUT2D eigenvalue weighted by Crippen LogP contribution is -2.45. The van der Waals surface area contributed by atoms with E-state index in [2.05, 4.69) is 36.4 Å². The van der Waals surface area contributed by atoms with Crippen LogP contribution in [0.4, 0.5) is 5.69 Å². The summed E-state index contributed by atoms with van der Waals surface area (Å²) in [6, 6.07) is 7.90. The van der Waals surface area contributed by atoms with Crippen molar-refractivity contribution >= 4 is 46.2 Å². The molecule has 172 valence electrons. The van der Waals surface area contributed by atoms with Gasteiger partial charge in [0.05, 0.1) is 5.01 Å². The zero-order valence-corrected chi connectivity index (χ0v) is 20.9. The summed E-state index contributed by atoms with van der Waals surface area (Å²) < 4.78 is 0. The van der Waals surface area contributed by atoms with Crippen LogP contribution in [-0.2, 0) is 10.2 Å². The Bertz CT molecular complexity index is 972. The van der Waals surface area contributed by atoms with Gasteiger partial charge >= 0.3 is 0 Å². The zero-order valence-electron chi connectivity index (χ0n) is 19.2. The van der Waals surface area contributed by atoms with E-state index in [-0.39, 0.29) is 17.2 Å². The van der Waals surface area contributed by atoms with Crippen molar-refractivity contribution in [3.05, 3.63) is 45.9 Å². The number of nitrogens with one attached hydrogen (secondary N) is 2. The molecule has 6 nitrogen and oxygen atoms in total. The fourth-order valence-corrected chi connectivity index (χ4v) is 5.10. The zero-order chi connectivity index (χ0) is 23.3. The van der Waals surface area contributed by atoms with E-state index in [9.17, 15) is 9.59 Å². The Balaban J connectivity index is 1.58. The van der Waals surface area contributed by atoms with Crippen molar-refractivity contribution in [3.63, 3.8) is 0 Å². The fraction of sp³-hybridized carbons (Fsp3) is 0.500. The van der Waals surface area contributed by atoms with Crippen LogP contribution in [0.25, 0.3) is 0 Å². The number of nitrogens with zero attached hydrogens (tertiary/aromatic N) is 2. The summed E-state index contributed by atoms with van der Waals surface area (Å²) in [6.07, 6.45) is 3.08. The number of likely N-dealkylation sites (tertiary alicyclic amines) is 1. The fourth-order valence-electron chi connectivity index (χ4n) is 3.83. The predicted molar refractivity (Wildman–Crippen MR) is 134 cm³/mol. The standard InChI is InChI=1S/C24H32N4O2S2/c1-5-8-20(29)27-23(31)28-13-11-16(12-14-28)22-26-19(15-32-22)21(30)25-18-10-7-6-9-17(18)24(2,3)4/h6-7,9-10,15-16H,5,8,11-14H2,1-4H3,(H,25,30)(H,27,29,31). The molecule has 1 fully saturated rings. The van der Waals surface area contributed by atoms with E-state index in [4.69, 9.17) is 12.2 Å². The Hall–Kier alpha value is -2.32. The molecule has 2 heterocycles. The lowest BCUT2D eigenvalue weighted by Gasteiger charge is -2.32. The van der Waals surface area contributed by atoms with Crippen LogP contribution < -0.4 is 10.6 Å². The third kappa shape index (κ3) is 6.13. The van der Waals surface area contributed by atoms with Gasteiger partial charge in [-0.05, 0) is 48.5 Å². The Morgan fingerprint density at radius 3 is 2.56 bits per heavy atom. The molecule has 1 saturated heterocycles. The van der Waals surface area contributed by atoms with E-state index in [1.165, 1.54) is 11.3 Å². The van der Waals surface area contributed by atoms with Crippen molar-refractivity contribution in [2.24, 2.45) is 0 Å². The molecule has 1 aromatic heterocycles. The number of rotatable bonds is 5. The minimum atomic E-state index is -0.179. The quantitative estimate of drug-likeness (QED) is 0.594. The molecule has 1 aliphatic rings. The van der Waals surface area contributed by atoms with Crippen LogP contribution in [-0.4, -0.2) is 39.9 Å². The normalized spacial score (nSPS) is 14.8. The number of thiazole rings is 1. The van der Waals surface area contributed by atoms with Gasteiger partial charge in [0.15, 0.2) is 5.11 Å². The molecule has 2 aromatic rings. The average molecular weight is 473 g/mol. The summed E-state index contributed by atoms with van der Waals surface area (Å²) in [7, 11) is 0. The summed E-state index contributed by atoms with van der Waals surface area (Å²) in [5.41, 5.74) is 2.31. The lowest BCUT2D eigenvalue weighted by atomic mass is 9.86. The molecule has 0 atom stereocenters. The van der Waals surface area contributed by atoms with Gasteiger partial charge in [-0.25, -0.2) is 4.98 Å². The van der Waals surface area contributed by atoms with Crippen molar-refractivity contribution in [3.8, 4) is 0 Å². The molecule has 0 radical (unpaired) electrons. The van der Waals surface area contributed by atoms with Gasteiger partial charge in [0.2, 0.25) is 5.91 Å². The molecular formula is C24H32N4O2S2. The maximum Gasteiger partial charge on any atom is 0.275 e. The van der Waals surface area contributed by atoms with Crippen LogP contribution in [0.2, 0.25) is 0 Å². The first-order chi connectivity index (χ1) is 15.2. The summed E-state index contributed by atoms with van der Waals surface area (Å²) in [5.74, 6) is 0.0958. The number of para-hydroxylation sites is 1. The molecule has 1 aliphatic heterocycles. The van der Waals surface area contributed by atoms with Gasteiger partial charge in [-0.2, -0.15) is 0 Å². The number of thiocarbonyl (C=S) groups is 1. The molecule has 0 saturated carbocycles. The van der Waals surface area contributed by atoms with Gasteiger partial charge < -0.3 is 15.5 Å². The monoisotopic (exact) mass is 472 g/mol. The van der Waals surface area contributed by atoms with Gasteiger partial charge in [-0.15, -0.1) is 11.3 Å². The summed E-state index contributed by atoms with van der Waals surface area (Å²) in [4.78, 5) is 31.3. The first-order valence-electron chi connectivity index (χ1n) is 11.1. The molecule has 8 heteroatoms. The maximum absolute atomic E-state index is 12.9. The second-order valence-electron chi connectivity index (χ2n) is 9.19. The van der Waals surface area contributed by atoms with E-state index >= 15 is 0 Å². The number of amides is 2. The highest BCUT2D eigenvalue weighted by Crippen LogP contribution is 2.32. The minimum Gasteiger partial charge on any atom is -0.349 e. The highest BCUT2D eigenvalue weighted by Gasteiger charge is 2.26. The van der Waals surface area contributed by atoms with Crippen LogP contribution in [0.1, 0.15) is 80.4 Å². The molecule has 2 amide bonds. The van der Waals surface area contributed by atoms with Crippen LogP contribution in [0.15, 0.2) is 29.6 Å². The number of hydrogen-bond donors (Lipinski definition) is 2. The second kappa shape index (κ2) is 10.5. The Morgan fingerprint density at radius 1 is 1.22 bits per heavy atom. The van der Waals surface area contributed by atoms with Gasteiger partial charge in [-0.3, -0.25) is 9.59 Å². The van der Waals surface area contributed by atoms with E-state index in [1.807, 2.05) is 41.5 Å². The number of anilines is 1. The molecular weight excluding hydrogens is 440 g/mol. The summed E-state index contributed by atoms with van der Waals surface area (Å²) in [5, 5.41) is 9.19. The summed E-state index contributed by atoms with van der Waals surface area (Å²) >= 11 is 6.92. The van der Waals surface area contributed by atoms with E-state index in [1.54, 1.807) is 0 Å². The van der Waals surface area contributed by atoms with Crippen molar-refractivity contribution in [1.29, 1.82) is 0 Å². The van der Waals surface area contributed by atoms with E-state index in [0.717, 1.165) is 48.6 Å². The third-order valence-corrected chi connectivity index (χ3v) is 6.96. The number of benzene rings is 1. The Kier molecular flexibility index (Phi) is 8.00. The number of carbonyl (C=O) groups excluding carboxylic acids is 2. The van der Waals surface area contributed by atoms with Gasteiger partial charge in [0.1, 0.15) is 5.69 Å². The largest absolute Gasteiger partial charge is 0.349 e. The number of carbonyl (C=O) groups is 2. The van der Waals surface area contributed by atoms with Crippen molar-refractivity contribution < 1.29 is 9.59 Å². The molecule has 0 spiro atoms. The van der Waals surface area contributed by atoms with Gasteiger partial charge in [0.25, 0.3) is 5.91 Å². The molecule has 2 N–H and O–H groups in total. The number of piperidine rings is 1. The highest BCUT2D eigenvalue weighted by molar-refractivity contribution is 7.80. The number of hydrogen-bond acceptors (Lipinski definition) is 5. The first-order valence-corrected chi connectivity index (χ1v) is 12.4. The average Bonchev–Trinajstić information content (AvgIpc) is 3.24. The molecule has 0 unspecified atom stereocenters. The van der Waals surface area contributed by atoms with Gasteiger partial charge in [0, 0.05) is 36.5 Å². The topological polar surface area (TPSA) is 74.3 Å². The lowest BCUT2D eigenvalue weighted by molar-refractivity contribution is -0.119. The van der Waals surface area contributed by atoms with E-state index in [0.29, 0.717) is 23.1 Å². The molecule has 3 rings (SSSR count). The second-order valence-corrected chi connectivity index (χ2v) is 10.5. The predicted octanol–water partition coefficient (Wildman–Crippen LogP) is 5.07. The maximum atomic E-state index is 12.9. The summed E-state index contributed by atoms with van der Waals surface area (Å²) in [6.45, 7) is 9.91. The Morgan fingerprint density at radius 2 is 1.91 bits per heavy atom. The van der Waals surface area contributed by atoms with Crippen molar-refractivity contribution in [2.75, 3.05) is 18.4 Å². The van der Waals surface area contributed by atoms with Crippen LogP contribution in [0.3, 0.4) is 0 Å². The minimum absolute atomic E-state index is 0.0248. The molecule has 0 aliphatic carbocycles. The number of aromatic nitrogens is 1. The Labute approximate surface area is 199 Å². The van der Waals surface area contributed by atoms with Crippen molar-refractivity contribution in [1.82, 2.24) is 15.2 Å². The van der Waals surface area contributed by atoms with Crippen LogP contribution in [0.5, 0.6) is 0 Å². The van der Waals surface area contributed by atoms with Crippen LogP contribution in [0, 0.1) is 0 Å².